The Labute approximate surface area is 304 Å². The van der Waals surface area contributed by atoms with E-state index in [0.29, 0.717) is 5.92 Å². The summed E-state index contributed by atoms with van der Waals surface area (Å²) in [4.78, 5) is 2.47. The van der Waals surface area contributed by atoms with E-state index in [4.69, 9.17) is 4.42 Å². The van der Waals surface area contributed by atoms with Gasteiger partial charge in [0.2, 0.25) is 0 Å². The molecule has 1 aliphatic carbocycles. The van der Waals surface area contributed by atoms with Gasteiger partial charge in [0.05, 0.1) is 11.4 Å². The van der Waals surface area contributed by atoms with Crippen LogP contribution in [0.4, 0.5) is 17.1 Å². The normalized spacial score (nSPS) is 13.7. The lowest BCUT2D eigenvalue weighted by atomic mass is 9.80. The van der Waals surface area contributed by atoms with E-state index in [-0.39, 0.29) is 0 Å². The van der Waals surface area contributed by atoms with Gasteiger partial charge in [0.15, 0.2) is 0 Å². The van der Waals surface area contributed by atoms with Crippen LogP contribution in [0, 0.1) is 0 Å². The summed E-state index contributed by atoms with van der Waals surface area (Å²) in [7, 11) is 0. The Morgan fingerprint density at radius 2 is 1.10 bits per heavy atom. The molecule has 0 amide bonds. The summed E-state index contributed by atoms with van der Waals surface area (Å²) in [6.07, 6.45) is 6.50. The molecular formula is C50H39NO. The molecule has 2 nitrogen and oxygen atoms in total. The van der Waals surface area contributed by atoms with Gasteiger partial charge in [-0.1, -0.05) is 159 Å². The van der Waals surface area contributed by atoms with Gasteiger partial charge in [-0.3, -0.25) is 0 Å². The van der Waals surface area contributed by atoms with Gasteiger partial charge in [-0.2, -0.15) is 0 Å². The van der Waals surface area contributed by atoms with Crippen LogP contribution in [0.3, 0.4) is 0 Å². The molecule has 1 fully saturated rings. The van der Waals surface area contributed by atoms with E-state index in [0.717, 1.165) is 50.1 Å². The Hall–Kier alpha value is -6.12. The van der Waals surface area contributed by atoms with Crippen LogP contribution in [-0.4, -0.2) is 0 Å². The molecule has 0 unspecified atom stereocenters. The lowest BCUT2D eigenvalue weighted by Gasteiger charge is -2.30. The van der Waals surface area contributed by atoms with Crippen molar-refractivity contribution in [3.05, 3.63) is 175 Å². The highest BCUT2D eigenvalue weighted by Crippen LogP contribution is 2.47. The first-order valence-electron chi connectivity index (χ1n) is 18.7. The average molecular weight is 670 g/mol. The number of furan rings is 1. The van der Waals surface area contributed by atoms with Crippen molar-refractivity contribution in [3.8, 4) is 22.3 Å². The second kappa shape index (κ2) is 12.9. The zero-order chi connectivity index (χ0) is 34.4. The Morgan fingerprint density at radius 3 is 2.02 bits per heavy atom. The van der Waals surface area contributed by atoms with Crippen LogP contribution in [0.2, 0.25) is 0 Å². The summed E-state index contributed by atoms with van der Waals surface area (Å²) in [5.74, 6) is 0.595. The number of hydrogen-bond donors (Lipinski definition) is 0. The molecule has 0 spiro atoms. The van der Waals surface area contributed by atoms with Crippen LogP contribution >= 0.6 is 0 Å². The molecule has 0 aliphatic heterocycles. The molecule has 9 aromatic rings. The van der Waals surface area contributed by atoms with Crippen LogP contribution < -0.4 is 4.90 Å². The van der Waals surface area contributed by atoms with E-state index in [2.05, 4.69) is 169 Å². The topological polar surface area (TPSA) is 16.4 Å². The highest BCUT2D eigenvalue weighted by molar-refractivity contribution is 6.10. The molecule has 1 heterocycles. The third kappa shape index (κ3) is 5.17. The third-order valence-corrected chi connectivity index (χ3v) is 11.2. The van der Waals surface area contributed by atoms with E-state index in [1.807, 2.05) is 6.07 Å². The van der Waals surface area contributed by atoms with E-state index in [1.165, 1.54) is 70.3 Å². The Bertz CT molecular complexity index is 2740. The summed E-state index contributed by atoms with van der Waals surface area (Å²) < 4.78 is 6.53. The first-order valence-corrected chi connectivity index (χ1v) is 18.7. The summed E-state index contributed by atoms with van der Waals surface area (Å²) in [6, 6.07) is 62.0. The third-order valence-electron chi connectivity index (χ3n) is 11.2. The number of para-hydroxylation sites is 3. The molecule has 0 radical (unpaired) electrons. The average Bonchev–Trinajstić information content (AvgIpc) is 3.60. The number of fused-ring (bicyclic) bond motifs is 5. The van der Waals surface area contributed by atoms with Crippen LogP contribution in [0.5, 0.6) is 0 Å². The van der Waals surface area contributed by atoms with E-state index in [9.17, 15) is 0 Å². The molecule has 8 aromatic carbocycles. The van der Waals surface area contributed by atoms with Gasteiger partial charge >= 0.3 is 0 Å². The van der Waals surface area contributed by atoms with Crippen molar-refractivity contribution >= 4 is 60.5 Å². The van der Waals surface area contributed by atoms with Crippen molar-refractivity contribution in [2.75, 3.05) is 4.90 Å². The van der Waals surface area contributed by atoms with Gasteiger partial charge in [0, 0.05) is 33.0 Å². The van der Waals surface area contributed by atoms with E-state index < -0.39 is 0 Å². The fourth-order valence-electron chi connectivity index (χ4n) is 8.84. The van der Waals surface area contributed by atoms with E-state index in [1.54, 1.807) is 0 Å². The molecule has 2 heteroatoms. The molecule has 0 atom stereocenters. The minimum Gasteiger partial charge on any atom is -0.455 e. The van der Waals surface area contributed by atoms with Crippen molar-refractivity contribution < 1.29 is 4.42 Å². The molecular weight excluding hydrogens is 631 g/mol. The van der Waals surface area contributed by atoms with Crippen molar-refractivity contribution in [1.29, 1.82) is 0 Å². The van der Waals surface area contributed by atoms with Crippen molar-refractivity contribution in [2.24, 2.45) is 0 Å². The molecule has 1 aliphatic rings. The van der Waals surface area contributed by atoms with Crippen LogP contribution in [0.15, 0.2) is 174 Å². The molecule has 0 saturated heterocycles. The molecule has 10 rings (SSSR count). The fourth-order valence-corrected chi connectivity index (χ4v) is 8.84. The molecule has 1 saturated carbocycles. The predicted octanol–water partition coefficient (Wildman–Crippen LogP) is 14.7. The van der Waals surface area contributed by atoms with Crippen LogP contribution in [0.1, 0.15) is 43.6 Å². The first kappa shape index (κ1) is 30.7. The monoisotopic (exact) mass is 669 g/mol. The Kier molecular flexibility index (Phi) is 7.61. The molecule has 1 aromatic heterocycles. The maximum atomic E-state index is 6.53. The highest BCUT2D eigenvalue weighted by Gasteiger charge is 2.24. The smallest absolute Gasteiger partial charge is 0.143 e. The van der Waals surface area contributed by atoms with Crippen molar-refractivity contribution in [2.45, 2.75) is 38.0 Å². The summed E-state index contributed by atoms with van der Waals surface area (Å²) in [6.45, 7) is 0. The lowest BCUT2D eigenvalue weighted by Crippen LogP contribution is -2.12. The molecule has 0 N–H and O–H groups in total. The fraction of sp³-hybridized carbons (Fsp3) is 0.120. The first-order chi connectivity index (χ1) is 25.8. The predicted molar refractivity (Wildman–Crippen MR) is 220 cm³/mol. The number of nitrogens with zero attached hydrogens (tertiary/aromatic N) is 1. The van der Waals surface area contributed by atoms with Gasteiger partial charge in [0.25, 0.3) is 0 Å². The lowest BCUT2D eigenvalue weighted by molar-refractivity contribution is 0.445. The van der Waals surface area contributed by atoms with Crippen molar-refractivity contribution in [3.63, 3.8) is 0 Å². The zero-order valence-electron chi connectivity index (χ0n) is 29.1. The molecule has 52 heavy (non-hydrogen) atoms. The van der Waals surface area contributed by atoms with Gasteiger partial charge in [0.1, 0.15) is 11.2 Å². The Balaban J connectivity index is 1.21. The quantitative estimate of drug-likeness (QED) is 0.175. The van der Waals surface area contributed by atoms with Gasteiger partial charge in [-0.15, -0.1) is 0 Å². The summed E-state index contributed by atoms with van der Waals surface area (Å²) in [5.41, 5.74) is 11.5. The summed E-state index contributed by atoms with van der Waals surface area (Å²) in [5, 5.41) is 7.42. The van der Waals surface area contributed by atoms with Crippen LogP contribution in [-0.2, 0) is 0 Å². The second-order valence-corrected chi connectivity index (χ2v) is 14.3. The number of hydrogen-bond acceptors (Lipinski definition) is 2. The minimum absolute atomic E-state index is 0.595. The van der Waals surface area contributed by atoms with Gasteiger partial charge in [-0.25, -0.2) is 0 Å². The second-order valence-electron chi connectivity index (χ2n) is 14.3. The zero-order valence-corrected chi connectivity index (χ0v) is 29.1. The standard InChI is InChI=1S/C50H39NO/c1-2-15-35(16-3-1)40-26-11-19-36-20-12-28-44(49(36)40)42-24-6-8-30-47(42)51(46-31-13-18-34-17-4-5-23-39(34)46)38-22-10-21-37(33-38)41-27-14-29-45-43-25-7-9-32-48(43)52-50(41)45/h4-14,17-33,35H,1-3,15-16H2. The maximum absolute atomic E-state index is 6.53. The van der Waals surface area contributed by atoms with Gasteiger partial charge < -0.3 is 9.32 Å². The summed E-state index contributed by atoms with van der Waals surface area (Å²) >= 11 is 0. The van der Waals surface area contributed by atoms with Crippen LogP contribution in [0.25, 0.3) is 65.7 Å². The number of benzene rings is 8. The van der Waals surface area contributed by atoms with Crippen molar-refractivity contribution in [1.82, 2.24) is 0 Å². The highest BCUT2D eigenvalue weighted by atomic mass is 16.3. The number of rotatable bonds is 6. The Morgan fingerprint density at radius 1 is 0.462 bits per heavy atom. The number of anilines is 3. The SMILES string of the molecule is c1cc(-c2cccc3c2oc2ccccc23)cc(N(c2ccccc2-c2cccc3cccc(C4CCCCC4)c23)c2cccc3ccccc23)c1. The minimum atomic E-state index is 0.595. The molecule has 0 bridgehead atoms. The molecule has 250 valence electrons. The van der Waals surface area contributed by atoms with E-state index >= 15 is 0 Å². The largest absolute Gasteiger partial charge is 0.455 e. The maximum Gasteiger partial charge on any atom is 0.143 e. The van der Waals surface area contributed by atoms with Gasteiger partial charge in [-0.05, 0) is 81.9 Å².